The Kier molecular flexibility index (Phi) is 6.85. The minimum absolute atomic E-state index is 0.207. The summed E-state index contributed by atoms with van der Waals surface area (Å²) in [6, 6.07) is 2.27. The van der Waals surface area contributed by atoms with Crippen molar-refractivity contribution in [2.45, 2.75) is 37.6 Å². The maximum absolute atomic E-state index is 12.8. The normalized spacial score (nSPS) is 27.2. The van der Waals surface area contributed by atoms with Gasteiger partial charge < -0.3 is 19.6 Å². The zero-order valence-corrected chi connectivity index (χ0v) is 16.9. The third kappa shape index (κ3) is 5.49. The molecule has 0 radical (unpaired) electrons. The second-order valence-electron chi connectivity index (χ2n) is 7.77. The summed E-state index contributed by atoms with van der Waals surface area (Å²) in [6.07, 6.45) is -1.04. The van der Waals surface area contributed by atoms with Gasteiger partial charge in [-0.15, -0.1) is 0 Å². The number of carbonyl (C=O) groups is 2. The Hall–Kier alpha value is -1.65. The lowest BCUT2D eigenvalue weighted by molar-refractivity contribution is -0.192. The predicted octanol–water partition coefficient (Wildman–Crippen LogP) is 2.95. The zero-order valence-electron chi connectivity index (χ0n) is 16.1. The Labute approximate surface area is 171 Å². The highest BCUT2D eigenvalue weighted by Crippen LogP contribution is 2.36. The smallest absolute Gasteiger partial charge is 0.475 e. The van der Waals surface area contributed by atoms with Crippen molar-refractivity contribution in [2.24, 2.45) is 11.8 Å². The number of aliphatic carboxylic acids is 1. The molecule has 10 heteroatoms. The maximum Gasteiger partial charge on any atom is 0.490 e. The van der Waals surface area contributed by atoms with Crippen LogP contribution in [-0.4, -0.2) is 78.4 Å². The first-order chi connectivity index (χ1) is 13.7. The van der Waals surface area contributed by atoms with E-state index in [-0.39, 0.29) is 5.91 Å². The lowest BCUT2D eigenvalue weighted by Crippen LogP contribution is -2.53. The number of alkyl halides is 3. The van der Waals surface area contributed by atoms with Crippen LogP contribution in [-0.2, 0) is 9.53 Å². The van der Waals surface area contributed by atoms with Gasteiger partial charge >= 0.3 is 12.1 Å². The summed E-state index contributed by atoms with van der Waals surface area (Å²) in [4.78, 5) is 26.4. The molecule has 1 aromatic heterocycles. The lowest BCUT2D eigenvalue weighted by Gasteiger charge is -2.41. The van der Waals surface area contributed by atoms with Crippen LogP contribution in [0.3, 0.4) is 0 Å². The van der Waals surface area contributed by atoms with E-state index in [0.29, 0.717) is 18.1 Å². The number of thiophene rings is 1. The van der Waals surface area contributed by atoms with Gasteiger partial charge in [0.25, 0.3) is 5.91 Å². The van der Waals surface area contributed by atoms with E-state index in [9.17, 15) is 18.0 Å². The molecule has 3 heterocycles. The van der Waals surface area contributed by atoms with E-state index in [1.54, 1.807) is 11.3 Å². The molecule has 3 atom stereocenters. The zero-order chi connectivity index (χ0) is 21.2. The molecule has 4 rings (SSSR count). The summed E-state index contributed by atoms with van der Waals surface area (Å²) in [5.74, 6) is -1.17. The van der Waals surface area contributed by atoms with Gasteiger partial charge in [0.2, 0.25) is 0 Å². The molecule has 0 unspecified atom stereocenters. The predicted molar refractivity (Wildman–Crippen MR) is 101 cm³/mol. The molecule has 1 aromatic rings. The van der Waals surface area contributed by atoms with Gasteiger partial charge in [0.15, 0.2) is 0 Å². The minimum atomic E-state index is -5.08. The average molecular weight is 434 g/mol. The molecule has 6 nitrogen and oxygen atoms in total. The van der Waals surface area contributed by atoms with Gasteiger partial charge in [-0.05, 0) is 36.6 Å². The second-order valence-corrected chi connectivity index (χ2v) is 8.55. The minimum Gasteiger partial charge on any atom is -0.475 e. The van der Waals surface area contributed by atoms with Gasteiger partial charge in [0, 0.05) is 44.6 Å². The third-order valence-electron chi connectivity index (χ3n) is 5.73. The number of hydrogen-bond donors (Lipinski definition) is 1. The molecule has 1 saturated carbocycles. The Morgan fingerprint density at radius 1 is 1.28 bits per heavy atom. The number of rotatable bonds is 4. The SMILES string of the molecule is CO[C@@H]1CCN(C(=O)c2ccsc2)[C@@H]2CN(CC3CC3)C[C@@H]21.O=C(O)C(F)(F)F. The number of carbonyl (C=O) groups excluding carboxylic acids is 1. The molecular weight excluding hydrogens is 409 g/mol. The molecule has 29 heavy (non-hydrogen) atoms. The maximum atomic E-state index is 12.8. The fraction of sp³-hybridized carbons (Fsp3) is 0.684. The third-order valence-corrected chi connectivity index (χ3v) is 6.41. The Morgan fingerprint density at radius 2 is 1.97 bits per heavy atom. The quantitative estimate of drug-likeness (QED) is 0.789. The van der Waals surface area contributed by atoms with Gasteiger partial charge in [-0.1, -0.05) is 0 Å². The monoisotopic (exact) mass is 434 g/mol. The Bertz CT molecular complexity index is 709. The highest BCUT2D eigenvalue weighted by molar-refractivity contribution is 7.08. The highest BCUT2D eigenvalue weighted by Gasteiger charge is 2.46. The molecule has 1 N–H and O–H groups in total. The first-order valence-electron chi connectivity index (χ1n) is 9.59. The van der Waals surface area contributed by atoms with Gasteiger partial charge in [-0.2, -0.15) is 24.5 Å². The van der Waals surface area contributed by atoms with E-state index >= 15 is 0 Å². The van der Waals surface area contributed by atoms with E-state index in [0.717, 1.165) is 37.5 Å². The number of nitrogens with zero attached hydrogens (tertiary/aromatic N) is 2. The van der Waals surface area contributed by atoms with Crippen LogP contribution < -0.4 is 0 Å². The van der Waals surface area contributed by atoms with Crippen molar-refractivity contribution in [3.63, 3.8) is 0 Å². The molecule has 3 aliphatic rings. The number of hydrogen-bond acceptors (Lipinski definition) is 5. The molecule has 1 aliphatic carbocycles. The molecule has 162 valence electrons. The molecule has 3 fully saturated rings. The Balaban J connectivity index is 0.000000298. The van der Waals surface area contributed by atoms with E-state index in [1.807, 2.05) is 23.9 Å². The Morgan fingerprint density at radius 3 is 2.48 bits per heavy atom. The lowest BCUT2D eigenvalue weighted by atomic mass is 9.88. The molecule has 2 saturated heterocycles. The van der Waals surface area contributed by atoms with Crippen LogP contribution in [0, 0.1) is 11.8 Å². The largest absolute Gasteiger partial charge is 0.490 e. The fourth-order valence-corrected chi connectivity index (χ4v) is 4.78. The molecule has 2 aliphatic heterocycles. The highest BCUT2D eigenvalue weighted by atomic mass is 32.1. The van der Waals surface area contributed by atoms with Gasteiger partial charge in [-0.3, -0.25) is 4.79 Å². The van der Waals surface area contributed by atoms with Gasteiger partial charge in [0.05, 0.1) is 17.7 Å². The van der Waals surface area contributed by atoms with Crippen LogP contribution in [0.4, 0.5) is 13.2 Å². The van der Waals surface area contributed by atoms with Crippen molar-refractivity contribution in [2.75, 3.05) is 33.3 Å². The number of fused-ring (bicyclic) bond motifs is 1. The van der Waals surface area contributed by atoms with Crippen LogP contribution >= 0.6 is 11.3 Å². The van der Waals surface area contributed by atoms with Crippen molar-refractivity contribution >= 4 is 23.2 Å². The van der Waals surface area contributed by atoms with Crippen molar-refractivity contribution in [3.8, 4) is 0 Å². The van der Waals surface area contributed by atoms with E-state index in [2.05, 4.69) is 9.80 Å². The standard InChI is InChI=1S/C17H24N2O2S.C2HF3O2/c1-21-16-4-6-19(17(20)13-5-7-22-11-13)15-10-18(9-14(15)16)8-12-2-3-12;3-2(4,5)1(6)7/h5,7,11-12,14-16H,2-4,6,8-10H2,1H3;(H,6,7)/t14-,15+,16+;/m0./s1. The summed E-state index contributed by atoms with van der Waals surface area (Å²) < 4.78 is 37.5. The number of ether oxygens (including phenoxy) is 1. The summed E-state index contributed by atoms with van der Waals surface area (Å²) in [5.41, 5.74) is 0.847. The molecular formula is C19H25F3N2O4S. The van der Waals surface area contributed by atoms with E-state index in [4.69, 9.17) is 14.6 Å². The van der Waals surface area contributed by atoms with Crippen molar-refractivity contribution in [1.29, 1.82) is 0 Å². The molecule has 0 bridgehead atoms. The number of methoxy groups -OCH3 is 1. The fourth-order valence-electron chi connectivity index (χ4n) is 4.15. The van der Waals surface area contributed by atoms with Crippen molar-refractivity contribution in [1.82, 2.24) is 9.80 Å². The number of amides is 1. The van der Waals surface area contributed by atoms with Crippen LogP contribution in [0.15, 0.2) is 16.8 Å². The topological polar surface area (TPSA) is 70.1 Å². The summed E-state index contributed by atoms with van der Waals surface area (Å²) in [7, 11) is 1.82. The number of piperidine rings is 1. The summed E-state index contributed by atoms with van der Waals surface area (Å²) >= 11 is 1.60. The van der Waals surface area contributed by atoms with Gasteiger partial charge in [0.1, 0.15) is 0 Å². The molecule has 1 amide bonds. The van der Waals surface area contributed by atoms with Crippen LogP contribution in [0.25, 0.3) is 0 Å². The molecule has 0 aromatic carbocycles. The van der Waals surface area contributed by atoms with E-state index < -0.39 is 12.1 Å². The number of halogens is 3. The first kappa shape index (κ1) is 22.0. The number of carboxylic acids is 1. The van der Waals surface area contributed by atoms with Crippen LogP contribution in [0.1, 0.15) is 29.6 Å². The first-order valence-corrected chi connectivity index (χ1v) is 10.5. The van der Waals surface area contributed by atoms with Gasteiger partial charge in [-0.25, -0.2) is 4.79 Å². The van der Waals surface area contributed by atoms with Crippen LogP contribution in [0.5, 0.6) is 0 Å². The number of carboxylic acid groups (broad SMARTS) is 1. The van der Waals surface area contributed by atoms with Crippen molar-refractivity contribution in [3.05, 3.63) is 22.4 Å². The second kappa shape index (κ2) is 9.01. The van der Waals surface area contributed by atoms with Crippen LogP contribution in [0.2, 0.25) is 0 Å². The van der Waals surface area contributed by atoms with Crippen molar-refractivity contribution < 1.29 is 32.6 Å². The summed E-state index contributed by atoms with van der Waals surface area (Å²) in [6.45, 7) is 4.15. The molecule has 0 spiro atoms. The average Bonchev–Trinajstić information content (AvgIpc) is 3.15. The van der Waals surface area contributed by atoms with E-state index in [1.165, 1.54) is 19.4 Å². The summed E-state index contributed by atoms with van der Waals surface area (Å²) in [5, 5.41) is 11.1. The number of likely N-dealkylation sites (tertiary alicyclic amines) is 2.